The fraction of sp³-hybridized carbons (Fsp3) is 0.474. The molecule has 118 valence electrons. The van der Waals surface area contributed by atoms with E-state index in [2.05, 4.69) is 22.4 Å². The molecule has 0 bridgehead atoms. The van der Waals surface area contributed by atoms with Crippen LogP contribution in [0, 0.1) is 16.7 Å². The van der Waals surface area contributed by atoms with Crippen LogP contribution in [-0.4, -0.2) is 30.8 Å². The van der Waals surface area contributed by atoms with E-state index in [0.29, 0.717) is 17.4 Å². The predicted molar refractivity (Wildman–Crippen MR) is 89.7 cm³/mol. The van der Waals surface area contributed by atoms with Crippen LogP contribution in [-0.2, 0) is 11.2 Å². The molecule has 2 fully saturated rings. The van der Waals surface area contributed by atoms with Crippen LogP contribution >= 0.6 is 0 Å². The van der Waals surface area contributed by atoms with Crippen molar-refractivity contribution in [3.63, 3.8) is 0 Å². The molecule has 1 heterocycles. The molecular formula is C19H21N3O. The van der Waals surface area contributed by atoms with Gasteiger partial charge in [-0.2, -0.15) is 5.26 Å². The molecule has 4 rings (SSSR count). The van der Waals surface area contributed by atoms with Gasteiger partial charge in [-0.15, -0.1) is 0 Å². The number of hydrogen-bond acceptors (Lipinski definition) is 4. The van der Waals surface area contributed by atoms with E-state index in [4.69, 9.17) is 0 Å². The van der Waals surface area contributed by atoms with Gasteiger partial charge in [0.2, 0.25) is 0 Å². The van der Waals surface area contributed by atoms with Crippen LogP contribution in [0.4, 0.5) is 5.69 Å². The number of likely N-dealkylation sites (tertiary alicyclic amines) is 1. The zero-order valence-corrected chi connectivity index (χ0v) is 13.5. The largest absolute Gasteiger partial charge is 0.388 e. The van der Waals surface area contributed by atoms with Gasteiger partial charge in [0.1, 0.15) is 11.6 Å². The van der Waals surface area contributed by atoms with E-state index in [1.807, 2.05) is 19.2 Å². The van der Waals surface area contributed by atoms with Crippen LogP contribution < -0.4 is 5.32 Å². The minimum Gasteiger partial charge on any atom is -0.388 e. The highest BCUT2D eigenvalue weighted by Crippen LogP contribution is 2.54. The Bertz CT molecular complexity index is 742. The summed E-state index contributed by atoms with van der Waals surface area (Å²) in [6.45, 7) is 1.91. The average Bonchev–Trinajstić information content (AvgIpc) is 3.33. The molecule has 1 N–H and O–H groups in total. The Labute approximate surface area is 136 Å². The molecule has 0 radical (unpaired) electrons. The Morgan fingerprint density at radius 1 is 1.22 bits per heavy atom. The number of hydrogen-bond donors (Lipinski definition) is 1. The molecule has 0 aromatic heterocycles. The number of Topliss-reactive ketones (excluding diaryl/α,β-unsaturated/α-hetero) is 1. The van der Waals surface area contributed by atoms with E-state index in [0.717, 1.165) is 35.6 Å². The van der Waals surface area contributed by atoms with Gasteiger partial charge in [-0.1, -0.05) is 6.07 Å². The maximum Gasteiger partial charge on any atom is 0.179 e. The van der Waals surface area contributed by atoms with Gasteiger partial charge in [0.15, 0.2) is 5.78 Å². The van der Waals surface area contributed by atoms with Crippen LogP contribution in [0.3, 0.4) is 0 Å². The number of rotatable bonds is 2. The van der Waals surface area contributed by atoms with E-state index in [1.54, 1.807) is 0 Å². The summed E-state index contributed by atoms with van der Waals surface area (Å²) in [5, 5.41) is 12.7. The summed E-state index contributed by atoms with van der Waals surface area (Å²) < 4.78 is 0. The number of piperidine rings is 1. The van der Waals surface area contributed by atoms with Gasteiger partial charge in [-0.25, -0.2) is 0 Å². The van der Waals surface area contributed by atoms with E-state index >= 15 is 0 Å². The number of allylic oxidation sites excluding steroid dienone is 1. The Morgan fingerprint density at radius 2 is 1.96 bits per heavy atom. The standard InChI is InChI=1S/C19H21N3O/c1-21-14-3-2-13-10-17(23)16(12-20)18(15(13)11-14)22-8-6-19(4-5-19)7-9-22/h2-3,11,21H,4-10H2,1H3. The van der Waals surface area contributed by atoms with E-state index in [9.17, 15) is 10.1 Å². The van der Waals surface area contributed by atoms with Crippen molar-refractivity contribution < 1.29 is 4.79 Å². The minimum atomic E-state index is -0.0427. The number of anilines is 1. The first-order valence-electron chi connectivity index (χ1n) is 8.39. The van der Waals surface area contributed by atoms with Crippen molar-refractivity contribution in [2.75, 3.05) is 25.5 Å². The maximum absolute atomic E-state index is 12.4. The first kappa shape index (κ1) is 14.3. The van der Waals surface area contributed by atoms with Crippen molar-refractivity contribution in [2.45, 2.75) is 32.1 Å². The number of nitriles is 1. The van der Waals surface area contributed by atoms with Gasteiger partial charge >= 0.3 is 0 Å². The van der Waals surface area contributed by atoms with Gasteiger partial charge in [-0.05, 0) is 48.8 Å². The lowest BCUT2D eigenvalue weighted by Gasteiger charge is -2.37. The van der Waals surface area contributed by atoms with Gasteiger partial charge in [-0.3, -0.25) is 4.79 Å². The van der Waals surface area contributed by atoms with Crippen molar-refractivity contribution in [3.8, 4) is 6.07 Å². The smallest absolute Gasteiger partial charge is 0.179 e. The lowest BCUT2D eigenvalue weighted by molar-refractivity contribution is -0.114. The van der Waals surface area contributed by atoms with Crippen LogP contribution in [0.1, 0.15) is 36.8 Å². The summed E-state index contributed by atoms with van der Waals surface area (Å²) in [4.78, 5) is 14.7. The highest BCUT2D eigenvalue weighted by Gasteiger charge is 2.45. The molecule has 1 spiro atoms. The Kier molecular flexibility index (Phi) is 3.19. The molecule has 1 aromatic carbocycles. The maximum atomic E-state index is 12.4. The number of carbonyl (C=O) groups excluding carboxylic acids is 1. The second kappa shape index (κ2) is 5.13. The molecule has 1 saturated heterocycles. The lowest BCUT2D eigenvalue weighted by Crippen LogP contribution is -2.36. The number of nitrogens with zero attached hydrogens (tertiary/aromatic N) is 2. The Hall–Kier alpha value is -2.28. The summed E-state index contributed by atoms with van der Waals surface area (Å²) >= 11 is 0. The fourth-order valence-corrected chi connectivity index (χ4v) is 3.96. The predicted octanol–water partition coefficient (Wildman–Crippen LogP) is 2.96. The van der Waals surface area contributed by atoms with Gasteiger partial charge in [0, 0.05) is 37.8 Å². The Morgan fingerprint density at radius 3 is 2.57 bits per heavy atom. The highest BCUT2D eigenvalue weighted by molar-refractivity contribution is 6.10. The molecule has 1 aliphatic heterocycles. The van der Waals surface area contributed by atoms with E-state index < -0.39 is 0 Å². The molecule has 23 heavy (non-hydrogen) atoms. The SMILES string of the molecule is CNc1ccc2c(c1)C(N1CCC3(CC1)CC3)=C(C#N)C(=O)C2. The lowest BCUT2D eigenvalue weighted by atomic mass is 9.85. The average molecular weight is 307 g/mol. The molecule has 0 unspecified atom stereocenters. The normalized spacial score (nSPS) is 21.9. The zero-order valence-electron chi connectivity index (χ0n) is 13.5. The van der Waals surface area contributed by atoms with E-state index in [-0.39, 0.29) is 5.78 Å². The summed E-state index contributed by atoms with van der Waals surface area (Å²) in [6, 6.07) is 8.27. The minimum absolute atomic E-state index is 0.0427. The summed E-state index contributed by atoms with van der Waals surface area (Å²) in [5.41, 5.74) is 4.90. The third-order valence-electron chi connectivity index (χ3n) is 5.73. The highest BCUT2D eigenvalue weighted by atomic mass is 16.1. The molecular weight excluding hydrogens is 286 g/mol. The van der Waals surface area contributed by atoms with Gasteiger partial charge in [0.05, 0.1) is 5.70 Å². The molecule has 1 aromatic rings. The van der Waals surface area contributed by atoms with Crippen molar-refractivity contribution >= 4 is 17.2 Å². The second-order valence-electron chi connectivity index (χ2n) is 7.04. The van der Waals surface area contributed by atoms with Crippen molar-refractivity contribution in [1.29, 1.82) is 5.26 Å². The summed E-state index contributed by atoms with van der Waals surface area (Å²) in [6.07, 6.45) is 5.41. The molecule has 4 nitrogen and oxygen atoms in total. The number of nitrogens with one attached hydrogen (secondary N) is 1. The van der Waals surface area contributed by atoms with Crippen LogP contribution in [0.15, 0.2) is 23.8 Å². The number of fused-ring (bicyclic) bond motifs is 1. The quantitative estimate of drug-likeness (QED) is 0.912. The van der Waals surface area contributed by atoms with Crippen LogP contribution in [0.25, 0.3) is 5.70 Å². The molecule has 2 aliphatic carbocycles. The second-order valence-corrected chi connectivity index (χ2v) is 7.04. The molecule has 3 aliphatic rings. The monoisotopic (exact) mass is 307 g/mol. The van der Waals surface area contributed by atoms with Crippen molar-refractivity contribution in [3.05, 3.63) is 34.9 Å². The third-order valence-corrected chi connectivity index (χ3v) is 5.73. The van der Waals surface area contributed by atoms with Crippen LogP contribution in [0.2, 0.25) is 0 Å². The van der Waals surface area contributed by atoms with E-state index in [1.165, 1.54) is 25.7 Å². The third kappa shape index (κ3) is 2.31. The topological polar surface area (TPSA) is 56.1 Å². The summed E-state index contributed by atoms with van der Waals surface area (Å²) in [7, 11) is 1.89. The zero-order chi connectivity index (χ0) is 16.0. The molecule has 4 heteroatoms. The molecule has 0 atom stereocenters. The molecule has 1 saturated carbocycles. The van der Waals surface area contributed by atoms with Crippen LogP contribution in [0.5, 0.6) is 0 Å². The Balaban J connectivity index is 1.77. The number of benzene rings is 1. The number of ketones is 1. The van der Waals surface area contributed by atoms with Gasteiger partial charge < -0.3 is 10.2 Å². The first-order valence-corrected chi connectivity index (χ1v) is 8.39. The summed E-state index contributed by atoms with van der Waals surface area (Å²) in [5.74, 6) is -0.0427. The number of carbonyl (C=O) groups is 1. The first-order chi connectivity index (χ1) is 11.2. The van der Waals surface area contributed by atoms with Crippen molar-refractivity contribution in [1.82, 2.24) is 4.90 Å². The molecule has 0 amide bonds. The van der Waals surface area contributed by atoms with Crippen molar-refractivity contribution in [2.24, 2.45) is 5.41 Å². The van der Waals surface area contributed by atoms with Gasteiger partial charge in [0.25, 0.3) is 0 Å². The fourth-order valence-electron chi connectivity index (χ4n) is 3.96.